The molecule has 1 N–H and O–H groups in total. The maximum absolute atomic E-state index is 13.6. The van der Waals surface area contributed by atoms with E-state index < -0.39 is 0 Å². The summed E-state index contributed by atoms with van der Waals surface area (Å²) < 4.78 is 15.6. The van der Waals surface area contributed by atoms with Crippen molar-refractivity contribution in [2.45, 2.75) is 19.9 Å². The van der Waals surface area contributed by atoms with Crippen LogP contribution in [0.25, 0.3) is 0 Å². The fourth-order valence-electron chi connectivity index (χ4n) is 2.23. The number of nitrogens with one attached hydrogen (secondary N) is 1. The summed E-state index contributed by atoms with van der Waals surface area (Å²) in [7, 11) is 0. The summed E-state index contributed by atoms with van der Waals surface area (Å²) in [6, 6.07) is 9.06. The van der Waals surface area contributed by atoms with Crippen LogP contribution < -0.4 is 5.32 Å². The van der Waals surface area contributed by atoms with Gasteiger partial charge in [-0.25, -0.2) is 4.39 Å². The SMILES string of the molecule is CCNC(c1cc(C)c(F)cc1Cl)c1cc(Br)ccc1Br. The summed E-state index contributed by atoms with van der Waals surface area (Å²) in [6.45, 7) is 4.55. The first kappa shape index (κ1) is 16.9. The van der Waals surface area contributed by atoms with Crippen molar-refractivity contribution in [2.24, 2.45) is 0 Å². The van der Waals surface area contributed by atoms with Gasteiger partial charge in [-0.1, -0.05) is 50.4 Å². The second-order valence-corrected chi connectivity index (χ2v) is 6.96. The van der Waals surface area contributed by atoms with Gasteiger partial charge >= 0.3 is 0 Å². The van der Waals surface area contributed by atoms with Crippen molar-refractivity contribution in [1.82, 2.24) is 5.32 Å². The summed E-state index contributed by atoms with van der Waals surface area (Å²) in [6.07, 6.45) is 0. The molecule has 2 aromatic carbocycles. The van der Waals surface area contributed by atoms with Gasteiger partial charge in [-0.2, -0.15) is 0 Å². The van der Waals surface area contributed by atoms with E-state index in [1.807, 2.05) is 25.1 Å². The lowest BCUT2D eigenvalue weighted by atomic mass is 9.97. The molecule has 0 spiro atoms. The van der Waals surface area contributed by atoms with E-state index in [2.05, 4.69) is 37.2 Å². The molecule has 0 bridgehead atoms. The predicted molar refractivity (Wildman–Crippen MR) is 93.5 cm³/mol. The Bertz CT molecular complexity index is 661. The molecule has 0 saturated heterocycles. The molecule has 112 valence electrons. The Morgan fingerprint density at radius 2 is 1.90 bits per heavy atom. The summed E-state index contributed by atoms with van der Waals surface area (Å²) in [5.41, 5.74) is 2.51. The summed E-state index contributed by atoms with van der Waals surface area (Å²) in [5.74, 6) is -0.285. The van der Waals surface area contributed by atoms with Gasteiger partial charge in [-0.05, 0) is 60.5 Å². The van der Waals surface area contributed by atoms with Gasteiger partial charge in [0.2, 0.25) is 0 Å². The molecular formula is C16H15Br2ClFN. The minimum Gasteiger partial charge on any atom is -0.306 e. The van der Waals surface area contributed by atoms with Crippen LogP contribution in [0.15, 0.2) is 39.3 Å². The minimum atomic E-state index is -0.285. The maximum Gasteiger partial charge on any atom is 0.127 e. The van der Waals surface area contributed by atoms with Gasteiger partial charge in [0.05, 0.1) is 6.04 Å². The van der Waals surface area contributed by atoms with Crippen molar-refractivity contribution in [3.8, 4) is 0 Å². The molecule has 0 fully saturated rings. The second kappa shape index (κ2) is 7.23. The largest absolute Gasteiger partial charge is 0.306 e. The number of benzene rings is 2. The van der Waals surface area contributed by atoms with E-state index in [4.69, 9.17) is 11.6 Å². The molecule has 5 heteroatoms. The smallest absolute Gasteiger partial charge is 0.127 e. The van der Waals surface area contributed by atoms with Crippen LogP contribution in [0.1, 0.15) is 29.7 Å². The van der Waals surface area contributed by atoms with Gasteiger partial charge < -0.3 is 5.32 Å². The Balaban J connectivity index is 2.58. The number of aryl methyl sites for hydroxylation is 1. The lowest BCUT2D eigenvalue weighted by Gasteiger charge is -2.22. The van der Waals surface area contributed by atoms with Crippen molar-refractivity contribution < 1.29 is 4.39 Å². The Hall–Kier alpha value is -0.420. The standard InChI is InChI=1S/C16H15Br2ClFN/c1-3-21-16(11-7-10(17)4-5-13(11)18)12-6-9(2)15(20)8-14(12)19/h4-8,16,21H,3H2,1-2H3. The van der Waals surface area contributed by atoms with Gasteiger partial charge in [-0.15, -0.1) is 0 Å². The summed E-state index contributed by atoms with van der Waals surface area (Å²) >= 11 is 13.3. The van der Waals surface area contributed by atoms with Crippen LogP contribution in [-0.4, -0.2) is 6.54 Å². The van der Waals surface area contributed by atoms with Crippen LogP contribution in [0.2, 0.25) is 5.02 Å². The Morgan fingerprint density at radius 1 is 1.19 bits per heavy atom. The molecule has 0 aliphatic rings. The lowest BCUT2D eigenvalue weighted by molar-refractivity contribution is 0.606. The summed E-state index contributed by atoms with van der Waals surface area (Å²) in [5, 5.41) is 3.84. The minimum absolute atomic E-state index is 0.103. The van der Waals surface area contributed by atoms with Crippen molar-refractivity contribution in [3.63, 3.8) is 0 Å². The van der Waals surface area contributed by atoms with Crippen LogP contribution in [-0.2, 0) is 0 Å². The molecule has 0 aromatic heterocycles. The van der Waals surface area contributed by atoms with E-state index in [1.54, 1.807) is 13.0 Å². The van der Waals surface area contributed by atoms with Crippen molar-refractivity contribution in [2.75, 3.05) is 6.54 Å². The molecule has 1 atom stereocenters. The number of hydrogen-bond acceptors (Lipinski definition) is 1. The van der Waals surface area contributed by atoms with Crippen LogP contribution in [0.5, 0.6) is 0 Å². The van der Waals surface area contributed by atoms with Gasteiger partial charge in [0.25, 0.3) is 0 Å². The molecule has 2 rings (SSSR count). The molecule has 1 nitrogen and oxygen atoms in total. The highest BCUT2D eigenvalue weighted by Crippen LogP contribution is 2.35. The van der Waals surface area contributed by atoms with Crippen LogP contribution in [0.3, 0.4) is 0 Å². The van der Waals surface area contributed by atoms with E-state index in [9.17, 15) is 4.39 Å². The number of halogens is 4. The predicted octanol–water partition coefficient (Wildman–Crippen LogP) is 6.01. The Morgan fingerprint density at radius 3 is 2.57 bits per heavy atom. The van der Waals surface area contributed by atoms with E-state index in [-0.39, 0.29) is 11.9 Å². The zero-order valence-corrected chi connectivity index (χ0v) is 15.6. The number of rotatable bonds is 4. The fraction of sp³-hybridized carbons (Fsp3) is 0.250. The molecule has 1 unspecified atom stereocenters. The molecule has 2 aromatic rings. The third-order valence-corrected chi connectivity index (χ3v) is 4.81. The highest BCUT2D eigenvalue weighted by Gasteiger charge is 2.20. The van der Waals surface area contributed by atoms with Gasteiger partial charge in [0, 0.05) is 14.0 Å². The third-order valence-electron chi connectivity index (χ3n) is 3.27. The Labute approximate surface area is 146 Å². The van der Waals surface area contributed by atoms with Crippen LogP contribution in [0, 0.1) is 12.7 Å². The first-order valence-electron chi connectivity index (χ1n) is 6.58. The third kappa shape index (κ3) is 3.86. The van der Waals surface area contributed by atoms with Crippen molar-refractivity contribution in [1.29, 1.82) is 0 Å². The van der Waals surface area contributed by atoms with Crippen molar-refractivity contribution in [3.05, 3.63) is 66.8 Å². The van der Waals surface area contributed by atoms with Crippen LogP contribution >= 0.6 is 43.5 Å². The van der Waals surface area contributed by atoms with Crippen LogP contribution in [0.4, 0.5) is 4.39 Å². The van der Waals surface area contributed by atoms with E-state index in [1.165, 1.54) is 6.07 Å². The average Bonchev–Trinajstić information content (AvgIpc) is 2.43. The highest BCUT2D eigenvalue weighted by molar-refractivity contribution is 9.11. The molecule has 0 aliphatic carbocycles. The van der Waals surface area contributed by atoms with Gasteiger partial charge in [-0.3, -0.25) is 0 Å². The molecular weight excluding hydrogens is 420 g/mol. The molecule has 0 amide bonds. The Kier molecular flexibility index (Phi) is 5.83. The second-order valence-electron chi connectivity index (χ2n) is 4.78. The molecule has 0 aliphatic heterocycles. The lowest BCUT2D eigenvalue weighted by Crippen LogP contribution is -2.23. The van der Waals surface area contributed by atoms with Gasteiger partial charge in [0.15, 0.2) is 0 Å². The average molecular weight is 436 g/mol. The molecule has 0 radical (unpaired) electrons. The molecule has 21 heavy (non-hydrogen) atoms. The zero-order chi connectivity index (χ0) is 15.6. The first-order chi connectivity index (χ1) is 9.93. The quantitative estimate of drug-likeness (QED) is 0.620. The fourth-order valence-corrected chi connectivity index (χ4v) is 3.34. The zero-order valence-electron chi connectivity index (χ0n) is 11.7. The van der Waals surface area contributed by atoms with Gasteiger partial charge in [0.1, 0.15) is 5.82 Å². The topological polar surface area (TPSA) is 12.0 Å². The highest BCUT2D eigenvalue weighted by atomic mass is 79.9. The van der Waals surface area contributed by atoms with E-state index in [0.717, 1.165) is 26.6 Å². The van der Waals surface area contributed by atoms with Crippen molar-refractivity contribution >= 4 is 43.5 Å². The summed E-state index contributed by atoms with van der Waals surface area (Å²) in [4.78, 5) is 0. The first-order valence-corrected chi connectivity index (χ1v) is 8.54. The molecule has 0 heterocycles. The van der Waals surface area contributed by atoms with E-state index >= 15 is 0 Å². The van der Waals surface area contributed by atoms with E-state index in [0.29, 0.717) is 10.6 Å². The normalized spacial score (nSPS) is 12.5. The maximum atomic E-state index is 13.6. The monoisotopic (exact) mass is 433 g/mol. The number of hydrogen-bond donors (Lipinski definition) is 1. The molecule has 0 saturated carbocycles.